The fraction of sp³-hybridized carbons (Fsp3) is 0.375. The van der Waals surface area contributed by atoms with E-state index in [1.54, 1.807) is 22.8 Å². The smallest absolute Gasteiger partial charge is 0.263 e. The molecule has 0 spiro atoms. The lowest BCUT2D eigenvalue weighted by molar-refractivity contribution is 0.0949. The molecule has 0 fully saturated rings. The Morgan fingerprint density at radius 2 is 1.80 bits per heavy atom. The van der Waals surface area contributed by atoms with Gasteiger partial charge >= 0.3 is 0 Å². The van der Waals surface area contributed by atoms with Crippen LogP contribution in [0.4, 0.5) is 5.95 Å². The average Bonchev–Trinajstić information content (AvgIpc) is 2.75. The van der Waals surface area contributed by atoms with E-state index in [-0.39, 0.29) is 11.5 Å². The second kappa shape index (κ2) is 9.57. The van der Waals surface area contributed by atoms with E-state index in [1.807, 2.05) is 58.0 Å². The van der Waals surface area contributed by atoms with E-state index < -0.39 is 0 Å². The molecule has 6 heteroatoms. The molecule has 0 aliphatic heterocycles. The van der Waals surface area contributed by atoms with Crippen LogP contribution in [0.15, 0.2) is 53.3 Å². The Kier molecular flexibility index (Phi) is 6.87. The van der Waals surface area contributed by atoms with Gasteiger partial charge in [0.05, 0.1) is 17.4 Å². The molecule has 6 nitrogen and oxygen atoms in total. The highest BCUT2D eigenvalue weighted by Gasteiger charge is 2.17. The van der Waals surface area contributed by atoms with E-state index in [9.17, 15) is 9.59 Å². The normalized spacial score (nSPS) is 11.1. The highest BCUT2D eigenvalue weighted by atomic mass is 16.1. The summed E-state index contributed by atoms with van der Waals surface area (Å²) in [5.74, 6) is 0.846. The number of hydrogen-bond donors (Lipinski definition) is 1. The van der Waals surface area contributed by atoms with Crippen LogP contribution in [0.3, 0.4) is 0 Å². The van der Waals surface area contributed by atoms with Gasteiger partial charge in [0.25, 0.3) is 11.5 Å². The number of nitrogens with one attached hydrogen (secondary N) is 1. The highest BCUT2D eigenvalue weighted by molar-refractivity contribution is 5.97. The van der Waals surface area contributed by atoms with Crippen molar-refractivity contribution in [3.63, 3.8) is 0 Å². The maximum absolute atomic E-state index is 13.4. The lowest BCUT2D eigenvalue weighted by Gasteiger charge is -2.24. The van der Waals surface area contributed by atoms with E-state index in [0.717, 1.165) is 18.7 Å². The van der Waals surface area contributed by atoms with E-state index in [4.69, 9.17) is 4.98 Å². The summed E-state index contributed by atoms with van der Waals surface area (Å²) in [4.78, 5) is 32.8. The summed E-state index contributed by atoms with van der Waals surface area (Å²) < 4.78 is 1.73. The van der Waals surface area contributed by atoms with Crippen molar-refractivity contribution in [1.29, 1.82) is 0 Å². The molecule has 2 aromatic carbocycles. The highest BCUT2D eigenvalue weighted by Crippen LogP contribution is 2.18. The Morgan fingerprint density at radius 3 is 2.43 bits per heavy atom. The van der Waals surface area contributed by atoms with Gasteiger partial charge in [-0.2, -0.15) is 0 Å². The van der Waals surface area contributed by atoms with Crippen molar-refractivity contribution in [3.05, 3.63) is 70.0 Å². The third-order valence-corrected chi connectivity index (χ3v) is 5.10. The predicted octanol–water partition coefficient (Wildman–Crippen LogP) is 3.68. The molecule has 0 bridgehead atoms. The molecule has 0 saturated carbocycles. The van der Waals surface area contributed by atoms with Gasteiger partial charge in [0, 0.05) is 25.2 Å². The predicted molar refractivity (Wildman–Crippen MR) is 122 cm³/mol. The molecule has 0 radical (unpaired) electrons. The number of carbonyl (C=O) groups is 1. The molecule has 1 aromatic heterocycles. The third-order valence-electron chi connectivity index (χ3n) is 5.10. The first-order valence-corrected chi connectivity index (χ1v) is 10.6. The van der Waals surface area contributed by atoms with Crippen molar-refractivity contribution in [2.75, 3.05) is 24.5 Å². The van der Waals surface area contributed by atoms with Gasteiger partial charge in [-0.15, -0.1) is 0 Å². The van der Waals surface area contributed by atoms with Gasteiger partial charge in [0.1, 0.15) is 0 Å². The number of anilines is 1. The van der Waals surface area contributed by atoms with Crippen molar-refractivity contribution in [2.24, 2.45) is 5.92 Å². The topological polar surface area (TPSA) is 67.2 Å². The summed E-state index contributed by atoms with van der Waals surface area (Å²) in [6.45, 7) is 10.7. The van der Waals surface area contributed by atoms with Gasteiger partial charge in [-0.1, -0.05) is 44.2 Å². The van der Waals surface area contributed by atoms with Crippen LogP contribution in [0.1, 0.15) is 43.6 Å². The molecular weight excluding hydrogens is 376 g/mol. The minimum absolute atomic E-state index is 0.0973. The third kappa shape index (κ3) is 4.70. The molecule has 3 aromatic rings. The second-order valence-electron chi connectivity index (χ2n) is 7.80. The van der Waals surface area contributed by atoms with Crippen molar-refractivity contribution >= 4 is 22.8 Å². The zero-order chi connectivity index (χ0) is 21.7. The number of amides is 1. The van der Waals surface area contributed by atoms with Crippen LogP contribution in [-0.2, 0) is 6.54 Å². The van der Waals surface area contributed by atoms with E-state index >= 15 is 0 Å². The van der Waals surface area contributed by atoms with Crippen molar-refractivity contribution < 1.29 is 4.79 Å². The zero-order valence-corrected chi connectivity index (χ0v) is 18.2. The molecule has 0 saturated heterocycles. The summed E-state index contributed by atoms with van der Waals surface area (Å²) in [5, 5.41) is 3.44. The summed E-state index contributed by atoms with van der Waals surface area (Å²) in [6.07, 6.45) is 0. The Hall–Kier alpha value is -3.15. The van der Waals surface area contributed by atoms with Crippen LogP contribution in [0.2, 0.25) is 0 Å². The lowest BCUT2D eigenvalue weighted by atomic mass is 10.1. The summed E-state index contributed by atoms with van der Waals surface area (Å²) in [7, 11) is 0. The number of aromatic nitrogens is 2. The lowest BCUT2D eigenvalue weighted by Crippen LogP contribution is -2.33. The average molecular weight is 407 g/mol. The monoisotopic (exact) mass is 406 g/mol. The van der Waals surface area contributed by atoms with E-state index in [2.05, 4.69) is 10.2 Å². The summed E-state index contributed by atoms with van der Waals surface area (Å²) in [6, 6.07) is 15.0. The minimum Gasteiger partial charge on any atom is -0.352 e. The molecule has 0 aliphatic rings. The Morgan fingerprint density at radius 1 is 1.10 bits per heavy atom. The molecule has 1 heterocycles. The molecule has 3 rings (SSSR count). The van der Waals surface area contributed by atoms with Gasteiger partial charge in [-0.3, -0.25) is 14.2 Å². The zero-order valence-electron chi connectivity index (χ0n) is 18.2. The maximum Gasteiger partial charge on any atom is 0.263 e. The Labute approximate surface area is 177 Å². The van der Waals surface area contributed by atoms with Gasteiger partial charge in [-0.05, 0) is 43.5 Å². The first kappa shape index (κ1) is 21.6. The number of nitrogens with zero attached hydrogens (tertiary/aromatic N) is 3. The number of fused-ring (bicyclic) bond motifs is 1. The quantitative estimate of drug-likeness (QED) is 0.620. The van der Waals surface area contributed by atoms with Gasteiger partial charge in [-0.25, -0.2) is 4.98 Å². The standard InChI is InChI=1S/C24H30N4O2/c1-5-27(6-2)24-26-21-14-19(22(29)25-15-17(3)4)12-13-20(21)23(30)28(24)16-18-10-8-7-9-11-18/h7-14,17H,5-6,15-16H2,1-4H3,(H,25,29). The largest absolute Gasteiger partial charge is 0.352 e. The molecule has 0 unspecified atom stereocenters. The second-order valence-corrected chi connectivity index (χ2v) is 7.80. The van der Waals surface area contributed by atoms with Gasteiger partial charge in [0.15, 0.2) is 0 Å². The number of carbonyl (C=O) groups excluding carboxylic acids is 1. The fourth-order valence-electron chi connectivity index (χ4n) is 3.41. The van der Waals surface area contributed by atoms with Gasteiger partial charge < -0.3 is 10.2 Å². The van der Waals surface area contributed by atoms with Crippen LogP contribution in [-0.4, -0.2) is 35.1 Å². The molecule has 0 aliphatic carbocycles. The molecular formula is C24H30N4O2. The SMILES string of the molecule is CCN(CC)c1nc2cc(C(=O)NCC(C)C)ccc2c(=O)n1Cc1ccccc1. The van der Waals surface area contributed by atoms with Gasteiger partial charge in [0.2, 0.25) is 5.95 Å². The first-order valence-electron chi connectivity index (χ1n) is 10.6. The van der Waals surface area contributed by atoms with E-state index in [1.165, 1.54) is 0 Å². The van der Waals surface area contributed by atoms with Crippen molar-refractivity contribution in [1.82, 2.24) is 14.9 Å². The van der Waals surface area contributed by atoms with Crippen LogP contribution < -0.4 is 15.8 Å². The Balaban J connectivity index is 2.10. The van der Waals surface area contributed by atoms with Crippen LogP contribution in [0.25, 0.3) is 10.9 Å². The van der Waals surface area contributed by atoms with Crippen LogP contribution >= 0.6 is 0 Å². The van der Waals surface area contributed by atoms with Crippen LogP contribution in [0, 0.1) is 5.92 Å². The van der Waals surface area contributed by atoms with Crippen molar-refractivity contribution in [3.8, 4) is 0 Å². The molecule has 1 amide bonds. The summed E-state index contributed by atoms with van der Waals surface area (Å²) in [5.41, 5.74) is 2.00. The van der Waals surface area contributed by atoms with E-state index in [0.29, 0.717) is 41.4 Å². The number of rotatable bonds is 8. The molecule has 158 valence electrons. The fourth-order valence-corrected chi connectivity index (χ4v) is 3.41. The van der Waals surface area contributed by atoms with Crippen LogP contribution in [0.5, 0.6) is 0 Å². The summed E-state index contributed by atoms with van der Waals surface area (Å²) >= 11 is 0. The first-order chi connectivity index (χ1) is 14.4. The maximum atomic E-state index is 13.4. The number of hydrogen-bond acceptors (Lipinski definition) is 4. The van der Waals surface area contributed by atoms with Crippen molar-refractivity contribution in [2.45, 2.75) is 34.2 Å². The molecule has 0 atom stereocenters. The number of benzene rings is 2. The Bertz CT molecular complexity index is 1070. The molecule has 30 heavy (non-hydrogen) atoms. The minimum atomic E-state index is -0.148. The molecule has 1 N–H and O–H groups in total.